The first kappa shape index (κ1) is 12.4. The van der Waals surface area contributed by atoms with Gasteiger partial charge in [-0.1, -0.05) is 0 Å². The molecule has 1 fully saturated rings. The Morgan fingerprint density at radius 1 is 1.38 bits per heavy atom. The average Bonchev–Trinajstić information content (AvgIpc) is 2.33. The standard InChI is InChI=1S/C11H14BrNO2S/c12-9-2-3-10(13-8-9)16-7-4-11-14-5-1-6-15-11/h2-3,8,11H,1,4-7H2. The number of halogens is 1. The smallest absolute Gasteiger partial charge is 0.158 e. The highest BCUT2D eigenvalue weighted by Crippen LogP contribution is 2.20. The summed E-state index contributed by atoms with van der Waals surface area (Å²) in [4.78, 5) is 4.30. The number of aromatic nitrogens is 1. The zero-order valence-electron chi connectivity index (χ0n) is 8.89. The van der Waals surface area contributed by atoms with E-state index in [1.165, 1.54) is 0 Å². The Morgan fingerprint density at radius 3 is 2.88 bits per heavy atom. The van der Waals surface area contributed by atoms with E-state index in [0.29, 0.717) is 0 Å². The molecular formula is C11H14BrNO2S. The molecule has 1 aliphatic rings. The number of nitrogens with zero attached hydrogens (tertiary/aromatic N) is 1. The summed E-state index contributed by atoms with van der Waals surface area (Å²) in [6.07, 6.45) is 3.73. The van der Waals surface area contributed by atoms with Crippen molar-refractivity contribution >= 4 is 27.7 Å². The summed E-state index contributed by atoms with van der Waals surface area (Å²) in [6.45, 7) is 1.65. The third kappa shape index (κ3) is 4.05. The molecule has 3 nitrogen and oxygen atoms in total. The maximum absolute atomic E-state index is 5.47. The van der Waals surface area contributed by atoms with Crippen molar-refractivity contribution in [3.8, 4) is 0 Å². The highest BCUT2D eigenvalue weighted by molar-refractivity contribution is 9.10. The number of hydrogen-bond donors (Lipinski definition) is 0. The van der Waals surface area contributed by atoms with E-state index in [1.54, 1.807) is 11.8 Å². The van der Waals surface area contributed by atoms with Crippen LogP contribution >= 0.6 is 27.7 Å². The van der Waals surface area contributed by atoms with Crippen molar-refractivity contribution < 1.29 is 9.47 Å². The van der Waals surface area contributed by atoms with Crippen molar-refractivity contribution in [3.63, 3.8) is 0 Å². The maximum Gasteiger partial charge on any atom is 0.158 e. The van der Waals surface area contributed by atoms with Gasteiger partial charge in [-0.2, -0.15) is 0 Å². The fourth-order valence-corrected chi connectivity index (χ4v) is 2.46. The summed E-state index contributed by atoms with van der Waals surface area (Å²) in [6, 6.07) is 4.01. The van der Waals surface area contributed by atoms with Crippen LogP contribution in [0.15, 0.2) is 27.8 Å². The van der Waals surface area contributed by atoms with Crippen molar-refractivity contribution in [3.05, 3.63) is 22.8 Å². The number of ether oxygens (including phenoxy) is 2. The van der Waals surface area contributed by atoms with Crippen molar-refractivity contribution in [2.24, 2.45) is 0 Å². The molecule has 0 unspecified atom stereocenters. The summed E-state index contributed by atoms with van der Waals surface area (Å²) in [7, 11) is 0. The summed E-state index contributed by atoms with van der Waals surface area (Å²) in [5.41, 5.74) is 0. The van der Waals surface area contributed by atoms with Gasteiger partial charge in [0.05, 0.1) is 18.2 Å². The van der Waals surface area contributed by atoms with E-state index in [-0.39, 0.29) is 6.29 Å². The van der Waals surface area contributed by atoms with Gasteiger partial charge in [0.15, 0.2) is 6.29 Å². The molecule has 1 aromatic heterocycles. The molecule has 88 valence electrons. The zero-order chi connectivity index (χ0) is 11.2. The van der Waals surface area contributed by atoms with E-state index in [4.69, 9.17) is 9.47 Å². The molecule has 5 heteroatoms. The van der Waals surface area contributed by atoms with Crippen molar-refractivity contribution in [2.75, 3.05) is 19.0 Å². The van der Waals surface area contributed by atoms with Crippen LogP contribution in [-0.4, -0.2) is 30.2 Å². The van der Waals surface area contributed by atoms with Gasteiger partial charge in [0.2, 0.25) is 0 Å². The Labute approximate surface area is 108 Å². The Balaban J connectivity index is 1.69. The second-order valence-electron chi connectivity index (χ2n) is 3.48. The molecule has 2 heterocycles. The minimum Gasteiger partial charge on any atom is -0.353 e. The van der Waals surface area contributed by atoms with E-state index < -0.39 is 0 Å². The number of thioether (sulfide) groups is 1. The topological polar surface area (TPSA) is 31.4 Å². The average molecular weight is 304 g/mol. The molecule has 1 saturated heterocycles. The second kappa shape index (κ2) is 6.59. The van der Waals surface area contributed by atoms with E-state index in [0.717, 1.165) is 41.3 Å². The zero-order valence-corrected chi connectivity index (χ0v) is 11.3. The Morgan fingerprint density at radius 2 is 2.19 bits per heavy atom. The summed E-state index contributed by atoms with van der Waals surface area (Å²) in [5, 5.41) is 1.04. The van der Waals surface area contributed by atoms with Crippen LogP contribution in [-0.2, 0) is 9.47 Å². The Bertz CT molecular complexity index is 314. The highest BCUT2D eigenvalue weighted by atomic mass is 79.9. The predicted molar refractivity (Wildman–Crippen MR) is 67.6 cm³/mol. The van der Waals surface area contributed by atoms with Crippen LogP contribution in [0.1, 0.15) is 12.8 Å². The predicted octanol–water partition coefficient (Wildman–Crippen LogP) is 3.09. The minimum atomic E-state index is -0.0169. The van der Waals surface area contributed by atoms with Gasteiger partial charge in [-0.25, -0.2) is 4.98 Å². The lowest BCUT2D eigenvalue weighted by Crippen LogP contribution is -2.25. The van der Waals surface area contributed by atoms with Gasteiger partial charge in [-0.05, 0) is 34.5 Å². The maximum atomic E-state index is 5.47. The largest absolute Gasteiger partial charge is 0.353 e. The van der Waals surface area contributed by atoms with Crippen LogP contribution in [0.2, 0.25) is 0 Å². The van der Waals surface area contributed by atoms with Crippen LogP contribution in [0.3, 0.4) is 0 Å². The van der Waals surface area contributed by atoms with Gasteiger partial charge >= 0.3 is 0 Å². The van der Waals surface area contributed by atoms with Crippen molar-refractivity contribution in [1.82, 2.24) is 4.98 Å². The first-order valence-electron chi connectivity index (χ1n) is 5.32. The summed E-state index contributed by atoms with van der Waals surface area (Å²) < 4.78 is 12.0. The van der Waals surface area contributed by atoms with E-state index in [1.807, 2.05) is 18.3 Å². The lowest BCUT2D eigenvalue weighted by Gasteiger charge is -2.22. The molecule has 0 N–H and O–H groups in total. The van der Waals surface area contributed by atoms with Crippen LogP contribution in [0.4, 0.5) is 0 Å². The molecule has 0 aromatic carbocycles. The van der Waals surface area contributed by atoms with Crippen molar-refractivity contribution in [2.45, 2.75) is 24.2 Å². The lowest BCUT2D eigenvalue weighted by molar-refractivity contribution is -0.178. The minimum absolute atomic E-state index is 0.0169. The summed E-state index contributed by atoms with van der Waals surface area (Å²) >= 11 is 5.10. The van der Waals surface area contributed by atoms with Crippen molar-refractivity contribution in [1.29, 1.82) is 0 Å². The highest BCUT2D eigenvalue weighted by Gasteiger charge is 2.13. The summed E-state index contributed by atoms with van der Waals surface area (Å²) in [5.74, 6) is 0.972. The molecule has 0 aliphatic carbocycles. The molecule has 2 rings (SSSR count). The molecule has 0 saturated carbocycles. The molecular weight excluding hydrogens is 290 g/mol. The quantitative estimate of drug-likeness (QED) is 0.800. The first-order valence-corrected chi connectivity index (χ1v) is 7.10. The van der Waals surface area contributed by atoms with Crippen LogP contribution in [0, 0.1) is 0 Å². The number of pyridine rings is 1. The molecule has 16 heavy (non-hydrogen) atoms. The molecule has 0 amide bonds. The Hall–Kier alpha value is -0.100. The third-order valence-corrected chi connectivity index (χ3v) is 3.65. The van der Waals surface area contributed by atoms with Gasteiger partial charge in [0.25, 0.3) is 0 Å². The van der Waals surface area contributed by atoms with Gasteiger partial charge in [-0.15, -0.1) is 11.8 Å². The van der Waals surface area contributed by atoms with Gasteiger partial charge < -0.3 is 9.47 Å². The SMILES string of the molecule is Brc1ccc(SCCC2OCCCO2)nc1. The lowest BCUT2D eigenvalue weighted by atomic mass is 10.4. The normalized spacial score (nSPS) is 17.6. The fraction of sp³-hybridized carbons (Fsp3) is 0.545. The monoisotopic (exact) mass is 303 g/mol. The van der Waals surface area contributed by atoms with E-state index in [2.05, 4.69) is 20.9 Å². The van der Waals surface area contributed by atoms with Crippen LogP contribution in [0.25, 0.3) is 0 Å². The molecule has 0 atom stereocenters. The number of hydrogen-bond acceptors (Lipinski definition) is 4. The van der Waals surface area contributed by atoms with E-state index in [9.17, 15) is 0 Å². The molecule has 1 aromatic rings. The van der Waals surface area contributed by atoms with E-state index >= 15 is 0 Å². The molecule has 0 bridgehead atoms. The van der Waals surface area contributed by atoms with Gasteiger partial charge in [0.1, 0.15) is 0 Å². The second-order valence-corrected chi connectivity index (χ2v) is 5.51. The van der Waals surface area contributed by atoms with Gasteiger partial charge in [-0.3, -0.25) is 0 Å². The Kier molecular flexibility index (Phi) is 5.09. The van der Waals surface area contributed by atoms with Crippen LogP contribution in [0.5, 0.6) is 0 Å². The van der Waals surface area contributed by atoms with Gasteiger partial charge in [0, 0.05) is 22.8 Å². The molecule has 1 aliphatic heterocycles. The molecule has 0 spiro atoms. The first-order chi connectivity index (χ1) is 7.84. The van der Waals surface area contributed by atoms with Crippen LogP contribution < -0.4 is 0 Å². The molecule has 0 radical (unpaired) electrons. The number of rotatable bonds is 4. The fourth-order valence-electron chi connectivity index (χ4n) is 1.41. The third-order valence-electron chi connectivity index (χ3n) is 2.20.